The Kier molecular flexibility index (Phi) is 5.32. The maximum Gasteiger partial charge on any atom is 0.414 e. The molecule has 80 valence electrons. The van der Waals surface area contributed by atoms with Crippen LogP contribution in [0.3, 0.4) is 0 Å². The summed E-state index contributed by atoms with van der Waals surface area (Å²) >= 11 is 7.46. The first-order chi connectivity index (χ1) is 5.75. The summed E-state index contributed by atoms with van der Waals surface area (Å²) in [5.74, 6) is 0.0519. The van der Waals surface area contributed by atoms with Crippen molar-refractivity contribution in [1.29, 1.82) is 0 Å². The van der Waals surface area contributed by atoms with E-state index in [1.54, 1.807) is 6.92 Å². The molecular formula is C7H11ClF3IO. The van der Waals surface area contributed by atoms with Gasteiger partial charge in [-0.2, -0.15) is 13.2 Å². The zero-order valence-electron chi connectivity index (χ0n) is 7.29. The van der Waals surface area contributed by atoms with Gasteiger partial charge in [-0.3, -0.25) is 0 Å². The van der Waals surface area contributed by atoms with E-state index in [9.17, 15) is 13.2 Å². The fraction of sp³-hybridized carbons (Fsp3) is 1.00. The van der Waals surface area contributed by atoms with Crippen molar-refractivity contribution in [3.63, 3.8) is 0 Å². The molecule has 0 aliphatic heterocycles. The molecule has 0 saturated carbocycles. The number of hydrogen-bond donors (Lipinski definition) is 0. The molecular weight excluding hydrogens is 319 g/mol. The van der Waals surface area contributed by atoms with Crippen LogP contribution >= 0.6 is 34.2 Å². The van der Waals surface area contributed by atoms with Crippen LogP contribution < -0.4 is 0 Å². The topological polar surface area (TPSA) is 9.23 Å². The third-order valence-corrected chi connectivity index (χ3v) is 3.67. The van der Waals surface area contributed by atoms with Gasteiger partial charge in [-0.05, 0) is 13.8 Å². The van der Waals surface area contributed by atoms with Crippen LogP contribution in [0, 0.1) is 0 Å². The molecule has 0 fully saturated rings. The molecule has 0 aromatic carbocycles. The SMILES string of the molecule is CC(OC(C)(CCl)CI)C(F)(F)F. The Hall–Kier alpha value is 0.770. The maximum atomic E-state index is 12.1. The maximum absolute atomic E-state index is 12.1. The van der Waals surface area contributed by atoms with Crippen LogP contribution in [0.15, 0.2) is 0 Å². The average Bonchev–Trinajstić information content (AvgIpc) is 2.02. The first kappa shape index (κ1) is 13.8. The first-order valence-electron chi connectivity index (χ1n) is 3.61. The van der Waals surface area contributed by atoms with E-state index in [0.29, 0.717) is 4.43 Å². The lowest BCUT2D eigenvalue weighted by molar-refractivity contribution is -0.237. The Morgan fingerprint density at radius 3 is 2.15 bits per heavy atom. The quantitative estimate of drug-likeness (QED) is 0.567. The second-order valence-electron chi connectivity index (χ2n) is 3.02. The summed E-state index contributed by atoms with van der Waals surface area (Å²) in [6.07, 6.45) is -6.09. The summed E-state index contributed by atoms with van der Waals surface area (Å²) in [5, 5.41) is 0. The Balaban J connectivity index is 4.25. The van der Waals surface area contributed by atoms with E-state index in [1.807, 2.05) is 22.6 Å². The molecule has 0 saturated heterocycles. The third kappa shape index (κ3) is 4.69. The molecule has 0 heterocycles. The zero-order chi connectivity index (χ0) is 10.7. The van der Waals surface area contributed by atoms with Crippen molar-refractivity contribution in [2.45, 2.75) is 31.7 Å². The van der Waals surface area contributed by atoms with E-state index in [0.717, 1.165) is 6.92 Å². The van der Waals surface area contributed by atoms with Crippen LogP contribution in [0.4, 0.5) is 13.2 Å². The van der Waals surface area contributed by atoms with Gasteiger partial charge in [0.05, 0.1) is 11.5 Å². The highest BCUT2D eigenvalue weighted by molar-refractivity contribution is 14.1. The van der Waals surface area contributed by atoms with Crippen LogP contribution in [-0.4, -0.2) is 28.2 Å². The molecule has 0 radical (unpaired) electrons. The normalized spacial score (nSPS) is 19.6. The molecule has 1 nitrogen and oxygen atoms in total. The first-order valence-corrected chi connectivity index (χ1v) is 5.67. The molecule has 0 aliphatic carbocycles. The molecule has 6 heteroatoms. The molecule has 0 spiro atoms. The highest BCUT2D eigenvalue weighted by Gasteiger charge is 2.41. The molecule has 2 atom stereocenters. The average molecular weight is 331 g/mol. The molecule has 0 aromatic rings. The number of ether oxygens (including phenoxy) is 1. The van der Waals surface area contributed by atoms with Gasteiger partial charge >= 0.3 is 6.18 Å². The fourth-order valence-electron chi connectivity index (χ4n) is 0.592. The number of hydrogen-bond acceptors (Lipinski definition) is 1. The van der Waals surface area contributed by atoms with Gasteiger partial charge in [0.15, 0.2) is 6.10 Å². The minimum atomic E-state index is -4.32. The molecule has 0 N–H and O–H groups in total. The molecule has 2 unspecified atom stereocenters. The minimum Gasteiger partial charge on any atom is -0.361 e. The molecule has 13 heavy (non-hydrogen) atoms. The zero-order valence-corrected chi connectivity index (χ0v) is 10.2. The van der Waals surface area contributed by atoms with Crippen molar-refractivity contribution >= 4 is 34.2 Å². The summed E-state index contributed by atoms with van der Waals surface area (Å²) in [4.78, 5) is 0. The second kappa shape index (κ2) is 5.02. The lowest BCUT2D eigenvalue weighted by Crippen LogP contribution is -2.42. The predicted molar refractivity (Wildman–Crippen MR) is 54.6 cm³/mol. The summed E-state index contributed by atoms with van der Waals surface area (Å²) in [5.41, 5.74) is -0.906. The minimum absolute atomic E-state index is 0.0519. The van der Waals surface area contributed by atoms with Crippen LogP contribution in [-0.2, 0) is 4.74 Å². The van der Waals surface area contributed by atoms with Crippen LogP contribution in [0.5, 0.6) is 0 Å². The molecule has 0 amide bonds. The molecule has 0 bridgehead atoms. The second-order valence-corrected chi connectivity index (χ2v) is 4.05. The van der Waals surface area contributed by atoms with E-state index in [2.05, 4.69) is 0 Å². The van der Waals surface area contributed by atoms with Gasteiger partial charge in [0.25, 0.3) is 0 Å². The Labute approximate surface area is 94.1 Å². The standard InChI is InChI=1S/C7H11ClF3IO/c1-5(7(9,10)11)13-6(2,3-8)4-12/h5H,3-4H2,1-2H3. The van der Waals surface area contributed by atoms with E-state index >= 15 is 0 Å². The van der Waals surface area contributed by atoms with Gasteiger partial charge in [0.1, 0.15) is 0 Å². The van der Waals surface area contributed by atoms with Crippen molar-refractivity contribution in [3.8, 4) is 0 Å². The Morgan fingerprint density at radius 2 is 1.92 bits per heavy atom. The van der Waals surface area contributed by atoms with Crippen LogP contribution in [0.1, 0.15) is 13.8 Å². The summed E-state index contributed by atoms with van der Waals surface area (Å²) in [6.45, 7) is 2.55. The van der Waals surface area contributed by atoms with E-state index in [1.165, 1.54) is 0 Å². The van der Waals surface area contributed by atoms with Crippen LogP contribution in [0.2, 0.25) is 0 Å². The van der Waals surface area contributed by atoms with Crippen molar-refractivity contribution < 1.29 is 17.9 Å². The van der Waals surface area contributed by atoms with Crippen LogP contribution in [0.25, 0.3) is 0 Å². The third-order valence-electron chi connectivity index (χ3n) is 1.49. The van der Waals surface area contributed by atoms with Crippen molar-refractivity contribution in [2.24, 2.45) is 0 Å². The lowest BCUT2D eigenvalue weighted by atomic mass is 10.2. The summed E-state index contributed by atoms with van der Waals surface area (Å²) in [6, 6.07) is 0. The summed E-state index contributed by atoms with van der Waals surface area (Å²) < 4.78 is 41.5. The van der Waals surface area contributed by atoms with Gasteiger partial charge in [-0.25, -0.2) is 0 Å². The predicted octanol–water partition coefficient (Wildman–Crippen LogP) is 3.39. The number of halogens is 5. The highest BCUT2D eigenvalue weighted by Crippen LogP contribution is 2.28. The highest BCUT2D eigenvalue weighted by atomic mass is 127. The fourth-order valence-corrected chi connectivity index (χ4v) is 1.52. The summed E-state index contributed by atoms with van der Waals surface area (Å²) in [7, 11) is 0. The molecule has 0 aromatic heterocycles. The smallest absolute Gasteiger partial charge is 0.361 e. The van der Waals surface area contributed by atoms with Gasteiger partial charge in [0, 0.05) is 4.43 Å². The van der Waals surface area contributed by atoms with E-state index in [4.69, 9.17) is 16.3 Å². The van der Waals surface area contributed by atoms with E-state index in [-0.39, 0.29) is 5.88 Å². The number of rotatable bonds is 4. The molecule has 0 aliphatic rings. The van der Waals surface area contributed by atoms with Gasteiger partial charge in [0.2, 0.25) is 0 Å². The Morgan fingerprint density at radius 1 is 1.46 bits per heavy atom. The Bertz CT molecular complexity index is 158. The van der Waals surface area contributed by atoms with E-state index < -0.39 is 17.9 Å². The van der Waals surface area contributed by atoms with Crippen molar-refractivity contribution in [1.82, 2.24) is 0 Å². The van der Waals surface area contributed by atoms with Crippen molar-refractivity contribution in [2.75, 3.05) is 10.3 Å². The van der Waals surface area contributed by atoms with Gasteiger partial charge in [-0.1, -0.05) is 22.6 Å². The lowest BCUT2D eigenvalue weighted by Gasteiger charge is -2.30. The van der Waals surface area contributed by atoms with Gasteiger partial charge in [-0.15, -0.1) is 11.6 Å². The number of alkyl halides is 5. The largest absolute Gasteiger partial charge is 0.414 e. The monoisotopic (exact) mass is 330 g/mol. The van der Waals surface area contributed by atoms with Gasteiger partial charge < -0.3 is 4.74 Å². The van der Waals surface area contributed by atoms with Crippen molar-refractivity contribution in [3.05, 3.63) is 0 Å². The molecule has 0 rings (SSSR count).